The lowest BCUT2D eigenvalue weighted by atomic mass is 10.1. The maximum Gasteiger partial charge on any atom is 0.253 e. The van der Waals surface area contributed by atoms with Crippen LogP contribution in [0.4, 0.5) is 10.1 Å². The van der Waals surface area contributed by atoms with E-state index in [1.165, 1.54) is 28.4 Å². The second-order valence-corrected chi connectivity index (χ2v) is 5.98. The van der Waals surface area contributed by atoms with Gasteiger partial charge in [-0.2, -0.15) is 4.99 Å². The molecule has 2 amide bonds. The van der Waals surface area contributed by atoms with E-state index in [4.69, 9.17) is 0 Å². The number of halogens is 1. The highest BCUT2D eigenvalue weighted by molar-refractivity contribution is 7.07. The van der Waals surface area contributed by atoms with Gasteiger partial charge in [-0.1, -0.05) is 12.1 Å². The molecule has 1 atom stereocenters. The first-order chi connectivity index (χ1) is 10.6. The van der Waals surface area contributed by atoms with Crippen molar-refractivity contribution in [1.82, 2.24) is 4.57 Å². The van der Waals surface area contributed by atoms with E-state index in [1.807, 2.05) is 11.6 Å². The largest absolute Gasteiger partial charge is 0.327 e. The molecule has 7 heteroatoms. The Kier molecular flexibility index (Phi) is 3.89. The third-order valence-corrected chi connectivity index (χ3v) is 4.43. The van der Waals surface area contributed by atoms with Crippen LogP contribution in [0.2, 0.25) is 0 Å². The summed E-state index contributed by atoms with van der Waals surface area (Å²) >= 11 is 1.35. The second kappa shape index (κ2) is 5.84. The van der Waals surface area contributed by atoms with Gasteiger partial charge in [-0.3, -0.25) is 9.59 Å². The van der Waals surface area contributed by atoms with Crippen molar-refractivity contribution in [2.24, 2.45) is 18.0 Å². The molecule has 0 aliphatic carbocycles. The van der Waals surface area contributed by atoms with Crippen molar-refractivity contribution in [3.8, 4) is 0 Å². The van der Waals surface area contributed by atoms with Gasteiger partial charge in [-0.25, -0.2) is 4.39 Å². The van der Waals surface area contributed by atoms with E-state index in [1.54, 1.807) is 23.7 Å². The summed E-state index contributed by atoms with van der Waals surface area (Å²) < 4.78 is 15.5. The lowest BCUT2D eigenvalue weighted by molar-refractivity contribution is -0.123. The van der Waals surface area contributed by atoms with Crippen molar-refractivity contribution < 1.29 is 14.0 Å². The molecule has 114 valence electrons. The van der Waals surface area contributed by atoms with Gasteiger partial charge in [0.1, 0.15) is 5.82 Å². The average molecular weight is 319 g/mol. The van der Waals surface area contributed by atoms with Crippen LogP contribution in [-0.4, -0.2) is 22.9 Å². The number of carbonyl (C=O) groups excluding carboxylic acids is 2. The van der Waals surface area contributed by atoms with Gasteiger partial charge in [0.15, 0.2) is 4.80 Å². The third kappa shape index (κ3) is 2.71. The molecule has 1 unspecified atom stereocenters. The highest BCUT2D eigenvalue weighted by atomic mass is 32.1. The van der Waals surface area contributed by atoms with Crippen molar-refractivity contribution in [2.75, 3.05) is 11.4 Å². The normalized spacial score (nSPS) is 19.0. The van der Waals surface area contributed by atoms with Crippen molar-refractivity contribution in [1.29, 1.82) is 0 Å². The zero-order valence-electron chi connectivity index (χ0n) is 11.9. The predicted molar refractivity (Wildman–Crippen MR) is 80.7 cm³/mol. The molecule has 2 heterocycles. The molecule has 2 aromatic rings. The molecule has 1 aromatic heterocycles. The minimum atomic E-state index is -0.533. The summed E-state index contributed by atoms with van der Waals surface area (Å²) in [5.41, 5.74) is 0.212. The summed E-state index contributed by atoms with van der Waals surface area (Å²) in [6, 6.07) is 6.06. The Hall–Kier alpha value is -2.28. The number of amides is 2. The fourth-order valence-electron chi connectivity index (χ4n) is 2.40. The number of hydrogen-bond acceptors (Lipinski definition) is 3. The number of aromatic nitrogens is 1. The van der Waals surface area contributed by atoms with Gasteiger partial charge in [0.2, 0.25) is 5.91 Å². The molecule has 1 aromatic carbocycles. The predicted octanol–water partition coefficient (Wildman–Crippen LogP) is 1.71. The van der Waals surface area contributed by atoms with Crippen molar-refractivity contribution in [3.63, 3.8) is 0 Å². The third-order valence-electron chi connectivity index (χ3n) is 3.58. The van der Waals surface area contributed by atoms with Crippen LogP contribution in [0.1, 0.15) is 6.42 Å². The topological polar surface area (TPSA) is 54.7 Å². The number of benzene rings is 1. The number of nitrogens with zero attached hydrogens (tertiary/aromatic N) is 3. The highest BCUT2D eigenvalue weighted by Crippen LogP contribution is 2.27. The SMILES string of the molecule is Cn1ccsc1=NC(=O)C1CC(=O)N(c2ccccc2F)C1. The molecule has 0 N–H and O–H groups in total. The van der Waals surface area contributed by atoms with E-state index in [2.05, 4.69) is 4.99 Å². The number of carbonyl (C=O) groups is 2. The molecule has 1 aliphatic rings. The number of rotatable bonds is 2. The monoisotopic (exact) mass is 319 g/mol. The molecule has 1 saturated heterocycles. The molecule has 0 radical (unpaired) electrons. The zero-order chi connectivity index (χ0) is 15.7. The van der Waals surface area contributed by atoms with Gasteiger partial charge >= 0.3 is 0 Å². The van der Waals surface area contributed by atoms with E-state index in [-0.39, 0.29) is 30.5 Å². The van der Waals surface area contributed by atoms with E-state index in [9.17, 15) is 14.0 Å². The van der Waals surface area contributed by atoms with E-state index in [0.717, 1.165) is 0 Å². The number of para-hydroxylation sites is 1. The van der Waals surface area contributed by atoms with Crippen LogP contribution in [0.5, 0.6) is 0 Å². The van der Waals surface area contributed by atoms with Gasteiger partial charge in [-0.05, 0) is 12.1 Å². The molecule has 0 saturated carbocycles. The van der Waals surface area contributed by atoms with Gasteiger partial charge in [0.25, 0.3) is 5.91 Å². The van der Waals surface area contributed by atoms with Gasteiger partial charge in [0.05, 0.1) is 11.6 Å². The number of thiazole rings is 1. The smallest absolute Gasteiger partial charge is 0.253 e. The molecule has 1 aliphatic heterocycles. The van der Waals surface area contributed by atoms with E-state index < -0.39 is 11.7 Å². The Morgan fingerprint density at radius 2 is 2.18 bits per heavy atom. The first-order valence-electron chi connectivity index (χ1n) is 6.80. The van der Waals surface area contributed by atoms with Crippen molar-refractivity contribution in [3.05, 3.63) is 46.5 Å². The summed E-state index contributed by atoms with van der Waals surface area (Å²) in [5, 5.41) is 1.83. The maximum absolute atomic E-state index is 13.8. The van der Waals surface area contributed by atoms with E-state index >= 15 is 0 Å². The average Bonchev–Trinajstić information content (AvgIpc) is 3.06. The van der Waals surface area contributed by atoms with Crippen LogP contribution in [-0.2, 0) is 16.6 Å². The Labute approximate surface area is 130 Å². The van der Waals surface area contributed by atoms with E-state index in [0.29, 0.717) is 4.80 Å². The Morgan fingerprint density at radius 1 is 1.41 bits per heavy atom. The first-order valence-corrected chi connectivity index (χ1v) is 7.68. The quantitative estimate of drug-likeness (QED) is 0.846. The molecule has 0 bridgehead atoms. The summed E-state index contributed by atoms with van der Waals surface area (Å²) in [6.45, 7) is 0.164. The van der Waals surface area contributed by atoms with Crippen molar-refractivity contribution >= 4 is 28.8 Å². The Morgan fingerprint density at radius 3 is 2.86 bits per heavy atom. The van der Waals surface area contributed by atoms with Gasteiger partial charge in [0, 0.05) is 31.6 Å². The van der Waals surface area contributed by atoms with Crippen LogP contribution < -0.4 is 9.70 Å². The first kappa shape index (κ1) is 14.6. The van der Waals surface area contributed by atoms with Gasteiger partial charge < -0.3 is 9.47 Å². The van der Waals surface area contributed by atoms with Crippen molar-refractivity contribution in [2.45, 2.75) is 6.42 Å². The molecule has 1 fully saturated rings. The Bertz CT molecular complexity index is 796. The van der Waals surface area contributed by atoms with Crippen LogP contribution in [0.25, 0.3) is 0 Å². The zero-order valence-corrected chi connectivity index (χ0v) is 12.7. The van der Waals surface area contributed by atoms with Crippen LogP contribution in [0.3, 0.4) is 0 Å². The van der Waals surface area contributed by atoms with Crippen LogP contribution in [0.15, 0.2) is 40.8 Å². The highest BCUT2D eigenvalue weighted by Gasteiger charge is 2.36. The number of hydrogen-bond donors (Lipinski definition) is 0. The fourth-order valence-corrected chi connectivity index (χ4v) is 3.13. The second-order valence-electron chi connectivity index (χ2n) is 5.10. The molecule has 5 nitrogen and oxygen atoms in total. The summed E-state index contributed by atoms with van der Waals surface area (Å²) in [5.74, 6) is -1.60. The fraction of sp³-hybridized carbons (Fsp3) is 0.267. The maximum atomic E-state index is 13.8. The Balaban J connectivity index is 1.82. The molecule has 3 rings (SSSR count). The lowest BCUT2D eigenvalue weighted by Gasteiger charge is -2.16. The van der Waals surface area contributed by atoms with Gasteiger partial charge in [-0.15, -0.1) is 11.3 Å². The summed E-state index contributed by atoms with van der Waals surface area (Å²) in [7, 11) is 1.80. The lowest BCUT2D eigenvalue weighted by Crippen LogP contribution is -2.27. The minimum absolute atomic E-state index is 0.0613. The standard InChI is InChI=1S/C15H14FN3O2S/c1-18-6-7-22-15(18)17-14(21)10-8-13(20)19(9-10)12-5-3-2-4-11(12)16/h2-7,10H,8-9H2,1H3. The molecular formula is C15H14FN3O2S. The molecule has 0 spiro atoms. The number of anilines is 1. The molecular weight excluding hydrogens is 305 g/mol. The molecule has 22 heavy (non-hydrogen) atoms. The number of aryl methyl sites for hydroxylation is 1. The summed E-state index contributed by atoms with van der Waals surface area (Å²) in [6.07, 6.45) is 1.87. The summed E-state index contributed by atoms with van der Waals surface area (Å²) in [4.78, 5) is 30.3. The minimum Gasteiger partial charge on any atom is -0.327 e. The van der Waals surface area contributed by atoms with Crippen LogP contribution in [0, 0.1) is 11.7 Å². The van der Waals surface area contributed by atoms with Crippen LogP contribution >= 0.6 is 11.3 Å².